The van der Waals surface area contributed by atoms with E-state index in [1.54, 1.807) is 31.4 Å². The van der Waals surface area contributed by atoms with Crippen LogP contribution < -0.4 is 10.1 Å². The molecular weight excluding hydrogens is 528 g/mol. The van der Waals surface area contributed by atoms with Gasteiger partial charge in [0.25, 0.3) is 5.91 Å². The number of thioether (sulfide) groups is 2. The molecule has 2 amide bonds. The fourth-order valence-corrected chi connectivity index (χ4v) is 6.16. The van der Waals surface area contributed by atoms with E-state index in [9.17, 15) is 19.2 Å². The maximum Gasteiger partial charge on any atom is 0.356 e. The highest BCUT2D eigenvalue weighted by atomic mass is 32.2. The maximum absolute atomic E-state index is 13.2. The number of fused-ring (bicyclic) bond motifs is 1. The summed E-state index contributed by atoms with van der Waals surface area (Å²) in [5.74, 6) is -0.800. The molecule has 0 unspecified atom stereocenters. The number of hydrogen-bond acceptors (Lipinski definition) is 9. The van der Waals surface area contributed by atoms with E-state index in [2.05, 4.69) is 10.1 Å². The molecule has 2 aromatic carbocycles. The van der Waals surface area contributed by atoms with Crippen LogP contribution in [0.1, 0.15) is 11.1 Å². The van der Waals surface area contributed by atoms with Gasteiger partial charge in [-0.3, -0.25) is 14.5 Å². The van der Waals surface area contributed by atoms with Crippen molar-refractivity contribution in [2.45, 2.75) is 24.4 Å². The number of benzene rings is 2. The fraction of sp³-hybridized carbons (Fsp3) is 0.259. The predicted octanol–water partition coefficient (Wildman–Crippen LogP) is 3.01. The molecule has 2 atom stereocenters. The molecule has 2 aliphatic heterocycles. The molecule has 1 N–H and O–H groups in total. The summed E-state index contributed by atoms with van der Waals surface area (Å²) in [6.07, 6.45) is 1.38. The average Bonchev–Trinajstić information content (AvgIpc) is 2.94. The van der Waals surface area contributed by atoms with Gasteiger partial charge in [-0.1, -0.05) is 54.2 Å². The van der Waals surface area contributed by atoms with Crippen molar-refractivity contribution in [3.63, 3.8) is 0 Å². The molecule has 4 rings (SSSR count). The fourth-order valence-electron chi connectivity index (χ4n) is 3.86. The number of nitrogens with one attached hydrogen (secondary N) is 1. The molecule has 1 saturated heterocycles. The molecule has 11 heteroatoms. The number of methoxy groups -OCH3 is 2. The number of amides is 2. The summed E-state index contributed by atoms with van der Waals surface area (Å²) < 4.78 is 15.3. The highest BCUT2D eigenvalue weighted by molar-refractivity contribution is 8.08. The lowest BCUT2D eigenvalue weighted by atomic mass is 10.0. The highest BCUT2D eigenvalue weighted by Crippen LogP contribution is 2.44. The zero-order valence-electron chi connectivity index (χ0n) is 20.7. The zero-order chi connectivity index (χ0) is 27.1. The zero-order valence-corrected chi connectivity index (χ0v) is 22.4. The third-order valence-electron chi connectivity index (χ3n) is 5.80. The molecule has 2 heterocycles. The third-order valence-corrected chi connectivity index (χ3v) is 8.15. The first-order chi connectivity index (χ1) is 18.4. The number of carbonyl (C=O) groups excluding carboxylic acids is 4. The monoisotopic (exact) mass is 554 g/mol. The lowest BCUT2D eigenvalue weighted by molar-refractivity contribution is -0.153. The van der Waals surface area contributed by atoms with Crippen LogP contribution in [0.25, 0.3) is 0 Å². The second kappa shape index (κ2) is 12.7. The maximum atomic E-state index is 13.2. The SMILES string of the molecule is COC(=O)/C=C\SC1=C(C(=O)OCc2ccc(OC)cc2)N2C(=O)[C@@H](NC(=O)Cc3ccccc3)[C@H]2SC1. The number of carbonyl (C=O) groups is 4. The molecule has 2 aromatic rings. The number of hydrogen-bond donors (Lipinski definition) is 1. The second-order valence-electron chi connectivity index (χ2n) is 8.26. The first-order valence-electron chi connectivity index (χ1n) is 11.6. The van der Waals surface area contributed by atoms with Gasteiger partial charge in [-0.15, -0.1) is 11.8 Å². The molecule has 2 aliphatic rings. The average molecular weight is 555 g/mol. The van der Waals surface area contributed by atoms with E-state index >= 15 is 0 Å². The molecule has 0 saturated carbocycles. The van der Waals surface area contributed by atoms with Crippen LogP contribution in [0.3, 0.4) is 0 Å². The van der Waals surface area contributed by atoms with E-state index in [0.717, 1.165) is 22.9 Å². The summed E-state index contributed by atoms with van der Waals surface area (Å²) in [5, 5.41) is 3.86. The summed E-state index contributed by atoms with van der Waals surface area (Å²) in [6.45, 7) is -0.000641. The van der Waals surface area contributed by atoms with Crippen LogP contribution in [0.4, 0.5) is 0 Å². The Morgan fingerprint density at radius 2 is 1.82 bits per heavy atom. The second-order valence-corrected chi connectivity index (χ2v) is 10.4. The molecule has 0 bridgehead atoms. The van der Waals surface area contributed by atoms with Crippen molar-refractivity contribution < 1.29 is 33.4 Å². The Kier molecular flexibility index (Phi) is 9.14. The minimum absolute atomic E-state index is 0.000641. The quantitative estimate of drug-likeness (QED) is 0.269. The van der Waals surface area contributed by atoms with Crippen LogP contribution in [-0.2, 0) is 41.7 Å². The summed E-state index contributed by atoms with van der Waals surface area (Å²) >= 11 is 2.57. The Morgan fingerprint density at radius 3 is 2.50 bits per heavy atom. The van der Waals surface area contributed by atoms with E-state index in [4.69, 9.17) is 9.47 Å². The van der Waals surface area contributed by atoms with Crippen LogP contribution in [0, 0.1) is 0 Å². The van der Waals surface area contributed by atoms with Gasteiger partial charge in [-0.25, -0.2) is 9.59 Å². The summed E-state index contributed by atoms with van der Waals surface area (Å²) in [7, 11) is 2.83. The van der Waals surface area contributed by atoms with Crippen molar-refractivity contribution in [3.8, 4) is 5.75 Å². The molecule has 0 radical (unpaired) electrons. The Hall–Kier alpha value is -3.70. The van der Waals surface area contributed by atoms with E-state index in [1.165, 1.54) is 35.3 Å². The van der Waals surface area contributed by atoms with Crippen molar-refractivity contribution in [1.29, 1.82) is 0 Å². The van der Waals surface area contributed by atoms with E-state index in [1.807, 2.05) is 30.3 Å². The molecule has 1 fully saturated rings. The number of esters is 2. The number of nitrogens with zero attached hydrogens (tertiary/aromatic N) is 1. The Balaban J connectivity index is 1.48. The van der Waals surface area contributed by atoms with E-state index in [-0.39, 0.29) is 24.6 Å². The van der Waals surface area contributed by atoms with Crippen molar-refractivity contribution >= 4 is 47.3 Å². The standard InChI is InChI=1S/C27H26N2O7S2/c1-34-19-10-8-18(9-11-19)15-36-27(33)24-20(37-13-12-22(31)35-2)16-38-26-23(25(32)29(24)26)28-21(30)14-17-6-4-3-5-7-17/h3-13,23,26H,14-16H2,1-2H3,(H,28,30)/b13-12-/t23-,26-/m1/s1. The molecule has 9 nitrogen and oxygen atoms in total. The smallest absolute Gasteiger partial charge is 0.356 e. The lowest BCUT2D eigenvalue weighted by Gasteiger charge is -2.49. The van der Waals surface area contributed by atoms with Gasteiger partial charge in [-0.2, -0.15) is 0 Å². The van der Waals surface area contributed by atoms with Gasteiger partial charge < -0.3 is 19.5 Å². The summed E-state index contributed by atoms with van der Waals surface area (Å²) in [5.41, 5.74) is 1.70. The van der Waals surface area contributed by atoms with E-state index < -0.39 is 29.3 Å². The van der Waals surface area contributed by atoms with Crippen LogP contribution in [-0.4, -0.2) is 60.0 Å². The Labute approximate surface area is 228 Å². The van der Waals surface area contributed by atoms with E-state index in [0.29, 0.717) is 16.4 Å². The number of ether oxygens (including phenoxy) is 3. The van der Waals surface area contributed by atoms with Crippen molar-refractivity contribution in [3.05, 3.63) is 87.8 Å². The topological polar surface area (TPSA) is 111 Å². The van der Waals surface area contributed by atoms with Crippen molar-refractivity contribution in [2.24, 2.45) is 0 Å². The first-order valence-corrected chi connectivity index (χ1v) is 13.6. The van der Waals surface area contributed by atoms with Gasteiger partial charge in [0, 0.05) is 16.7 Å². The molecule has 198 valence electrons. The lowest BCUT2D eigenvalue weighted by Crippen LogP contribution is -2.70. The molecule has 38 heavy (non-hydrogen) atoms. The predicted molar refractivity (Wildman–Crippen MR) is 144 cm³/mol. The third kappa shape index (κ3) is 6.40. The normalized spacial score (nSPS) is 18.5. The van der Waals surface area contributed by atoms with Crippen molar-refractivity contribution in [1.82, 2.24) is 10.2 Å². The van der Waals surface area contributed by atoms with Crippen LogP contribution in [0.15, 0.2) is 76.7 Å². The Bertz CT molecular complexity index is 1260. The van der Waals surface area contributed by atoms with Gasteiger partial charge in [-0.05, 0) is 28.7 Å². The number of β-lactam (4-membered cyclic amide) rings is 1. The summed E-state index contributed by atoms with van der Waals surface area (Å²) in [6, 6.07) is 15.6. The van der Waals surface area contributed by atoms with Crippen LogP contribution in [0.2, 0.25) is 0 Å². The van der Waals surface area contributed by atoms with Gasteiger partial charge >= 0.3 is 11.9 Å². The Morgan fingerprint density at radius 1 is 1.08 bits per heavy atom. The minimum Gasteiger partial charge on any atom is -0.497 e. The van der Waals surface area contributed by atoms with Gasteiger partial charge in [0.2, 0.25) is 5.91 Å². The first kappa shape index (κ1) is 27.3. The largest absolute Gasteiger partial charge is 0.497 e. The molecule has 0 spiro atoms. The summed E-state index contributed by atoms with van der Waals surface area (Å²) in [4.78, 5) is 52.4. The van der Waals surface area contributed by atoms with Gasteiger partial charge in [0.05, 0.1) is 20.6 Å². The van der Waals surface area contributed by atoms with Gasteiger partial charge in [0.15, 0.2) is 0 Å². The molecular formula is C27H26N2O7S2. The molecule has 0 aromatic heterocycles. The highest BCUT2D eigenvalue weighted by Gasteiger charge is 2.54. The van der Waals surface area contributed by atoms with Gasteiger partial charge in [0.1, 0.15) is 29.5 Å². The van der Waals surface area contributed by atoms with Crippen LogP contribution in [0.5, 0.6) is 5.75 Å². The molecule has 0 aliphatic carbocycles. The van der Waals surface area contributed by atoms with Crippen LogP contribution >= 0.6 is 23.5 Å². The number of rotatable bonds is 10. The van der Waals surface area contributed by atoms with Crippen molar-refractivity contribution in [2.75, 3.05) is 20.0 Å². The minimum atomic E-state index is -0.752.